The number of benzene rings is 21. The van der Waals surface area contributed by atoms with Crippen molar-refractivity contribution in [2.24, 2.45) is 0 Å². The van der Waals surface area contributed by atoms with Crippen LogP contribution in [0, 0.1) is 0 Å². The van der Waals surface area contributed by atoms with Gasteiger partial charge >= 0.3 is 0 Å². The van der Waals surface area contributed by atoms with Gasteiger partial charge in [0.1, 0.15) is 0 Å². The van der Waals surface area contributed by atoms with Crippen molar-refractivity contribution in [3.05, 3.63) is 437 Å². The van der Waals surface area contributed by atoms with Crippen molar-refractivity contribution in [2.45, 2.75) is 0 Å². The van der Waals surface area contributed by atoms with Gasteiger partial charge in [0.15, 0.2) is 0 Å². The Bertz CT molecular complexity index is 8510. The molecule has 0 bridgehead atoms. The third-order valence-electron chi connectivity index (χ3n) is 24.8. The standard InChI is InChI=1S/C66H41N3.C50H31N3/c1-3-16-42(17-4-1)49-37-50(43-18-5-2-6-19-43)39-51(38-49)65-66(68-60-29-14-13-28-59(60)67-65)57-27-15-23-47-40-52(33-34-53(47)57)69-61-35-32-45-21-9-10-24-54(45)63(61)64-56-26-12-11-25-55(56)58(41-62(64)69)48-31-30-44-20-7-8-22-46(44)36-48;1-3-14-32(15-4-1)42-31-46-48(40-22-10-9-21-39(40)42)47-38-20-8-7-16-33(38)26-29-45(47)53(46)36-27-28-37-35(30-36)19-13-23-41(37)50-49(34-17-5-2-6-18-34)51-43-24-11-12-25-44(43)52-50/h1-41H;1-31H. The Morgan fingerprint density at radius 3 is 0.967 bits per heavy atom. The molecule has 566 valence electrons. The highest BCUT2D eigenvalue weighted by atomic mass is 15.0. The summed E-state index contributed by atoms with van der Waals surface area (Å²) in [7, 11) is 0. The molecule has 4 heterocycles. The summed E-state index contributed by atoms with van der Waals surface area (Å²) in [5.41, 5.74) is 27.5. The van der Waals surface area contributed by atoms with Crippen molar-refractivity contribution in [3.8, 4) is 101 Å². The van der Waals surface area contributed by atoms with Crippen LogP contribution < -0.4 is 0 Å². The number of para-hydroxylation sites is 4. The third kappa shape index (κ3) is 11.7. The highest BCUT2D eigenvalue weighted by molar-refractivity contribution is 6.32. The van der Waals surface area contributed by atoms with Crippen LogP contribution in [0.1, 0.15) is 0 Å². The molecular weight excluding hydrogens is 1480 g/mol. The van der Waals surface area contributed by atoms with E-state index in [1.54, 1.807) is 0 Å². The van der Waals surface area contributed by atoms with Crippen LogP contribution in [-0.4, -0.2) is 29.1 Å². The Morgan fingerprint density at radius 1 is 0.148 bits per heavy atom. The maximum Gasteiger partial charge on any atom is 0.0979 e. The molecule has 0 atom stereocenters. The second-order valence-corrected chi connectivity index (χ2v) is 31.8. The number of fused-ring (bicyclic) bond motifs is 19. The lowest BCUT2D eigenvalue weighted by molar-refractivity contribution is 1.19. The van der Waals surface area contributed by atoms with Gasteiger partial charge in [0.25, 0.3) is 0 Å². The molecule has 0 saturated carbocycles. The molecule has 0 aliphatic rings. The average Bonchev–Trinajstić information content (AvgIpc) is 1.55. The van der Waals surface area contributed by atoms with E-state index in [0.29, 0.717) is 0 Å². The number of rotatable bonds is 10. The maximum atomic E-state index is 5.48. The summed E-state index contributed by atoms with van der Waals surface area (Å²) in [6.07, 6.45) is 0. The van der Waals surface area contributed by atoms with Crippen LogP contribution in [0.4, 0.5) is 0 Å². The summed E-state index contributed by atoms with van der Waals surface area (Å²) >= 11 is 0. The van der Waals surface area contributed by atoms with Gasteiger partial charge in [-0.2, -0.15) is 0 Å². The van der Waals surface area contributed by atoms with Gasteiger partial charge in [-0.3, -0.25) is 0 Å². The van der Waals surface area contributed by atoms with E-state index in [1.165, 1.54) is 120 Å². The molecule has 0 aliphatic carbocycles. The lowest BCUT2D eigenvalue weighted by atomic mass is 9.92. The third-order valence-corrected chi connectivity index (χ3v) is 24.8. The minimum Gasteiger partial charge on any atom is -0.309 e. The molecule has 25 rings (SSSR count). The van der Waals surface area contributed by atoms with Gasteiger partial charge in [0, 0.05) is 55.2 Å². The Morgan fingerprint density at radius 2 is 0.492 bits per heavy atom. The van der Waals surface area contributed by atoms with E-state index < -0.39 is 0 Å². The van der Waals surface area contributed by atoms with Gasteiger partial charge in [0.2, 0.25) is 0 Å². The van der Waals surface area contributed by atoms with Crippen molar-refractivity contribution in [2.75, 3.05) is 0 Å². The molecule has 21 aromatic carbocycles. The average molecular weight is 1550 g/mol. The van der Waals surface area contributed by atoms with E-state index in [0.717, 1.165) is 122 Å². The van der Waals surface area contributed by atoms with Crippen LogP contribution in [0.25, 0.3) is 242 Å². The fourth-order valence-corrected chi connectivity index (χ4v) is 19.3. The molecule has 0 saturated heterocycles. The first-order valence-electron chi connectivity index (χ1n) is 41.7. The van der Waals surface area contributed by atoms with Gasteiger partial charge in [-0.1, -0.05) is 340 Å². The molecular formula is C116H72N6. The molecule has 4 aromatic heterocycles. The number of nitrogens with zero attached hydrogens (tertiary/aromatic N) is 6. The zero-order chi connectivity index (χ0) is 80.3. The van der Waals surface area contributed by atoms with Crippen LogP contribution in [0.3, 0.4) is 0 Å². The Hall–Kier alpha value is -16.3. The van der Waals surface area contributed by atoms with Crippen molar-refractivity contribution in [1.82, 2.24) is 29.1 Å². The van der Waals surface area contributed by atoms with Crippen molar-refractivity contribution in [1.29, 1.82) is 0 Å². The van der Waals surface area contributed by atoms with Gasteiger partial charge in [-0.15, -0.1) is 0 Å². The van der Waals surface area contributed by atoms with E-state index in [-0.39, 0.29) is 0 Å². The zero-order valence-corrected chi connectivity index (χ0v) is 66.3. The van der Waals surface area contributed by atoms with Gasteiger partial charge in [-0.05, 0) is 217 Å². The maximum absolute atomic E-state index is 5.48. The fourth-order valence-electron chi connectivity index (χ4n) is 19.3. The van der Waals surface area contributed by atoms with E-state index in [4.69, 9.17) is 19.9 Å². The SMILES string of the molecule is c1ccc(-c2cc(-c3ccccc3)cc(-c3nc4ccccc4nc3-c3cccc4cc(-n5c6ccc7ccccc7c6c6c7ccccc7c(-c7ccc8ccccc8c7)cc65)ccc34)c2)cc1.c1ccc(-c2nc3ccccc3nc2-c2cccc3cc(-n4c5ccc6ccccc6c5c5c6ccccc6c(-c6ccccc6)cc54)ccc23)cc1. The summed E-state index contributed by atoms with van der Waals surface area (Å²) in [6.45, 7) is 0. The largest absolute Gasteiger partial charge is 0.309 e. The quantitative estimate of drug-likeness (QED) is 0.137. The lowest BCUT2D eigenvalue weighted by Crippen LogP contribution is -1.98. The second kappa shape index (κ2) is 28.8. The molecule has 122 heavy (non-hydrogen) atoms. The minimum atomic E-state index is 0.850. The normalized spacial score (nSPS) is 11.8. The minimum absolute atomic E-state index is 0.850. The van der Waals surface area contributed by atoms with Crippen LogP contribution in [0.5, 0.6) is 0 Å². The molecule has 0 N–H and O–H groups in total. The lowest BCUT2D eigenvalue weighted by Gasteiger charge is -2.16. The summed E-state index contributed by atoms with van der Waals surface area (Å²) < 4.78 is 4.95. The second-order valence-electron chi connectivity index (χ2n) is 31.8. The van der Waals surface area contributed by atoms with Crippen LogP contribution >= 0.6 is 0 Å². The monoisotopic (exact) mass is 1550 g/mol. The first-order valence-corrected chi connectivity index (χ1v) is 41.7. The van der Waals surface area contributed by atoms with Crippen molar-refractivity contribution < 1.29 is 0 Å². The Labute approximate surface area is 703 Å². The van der Waals surface area contributed by atoms with Crippen LogP contribution in [0.2, 0.25) is 0 Å². The summed E-state index contributed by atoms with van der Waals surface area (Å²) in [5.74, 6) is 0. The van der Waals surface area contributed by atoms with Gasteiger partial charge < -0.3 is 9.13 Å². The predicted octanol–water partition coefficient (Wildman–Crippen LogP) is 30.9. The van der Waals surface area contributed by atoms with Crippen LogP contribution in [-0.2, 0) is 0 Å². The van der Waals surface area contributed by atoms with E-state index >= 15 is 0 Å². The van der Waals surface area contributed by atoms with Crippen LogP contribution in [0.15, 0.2) is 437 Å². The number of aromatic nitrogens is 6. The molecule has 25 aromatic rings. The summed E-state index contributed by atoms with van der Waals surface area (Å²) in [6, 6.07) is 157. The smallest absolute Gasteiger partial charge is 0.0979 e. The van der Waals surface area contributed by atoms with Gasteiger partial charge in [0.05, 0.1) is 66.9 Å². The summed E-state index contributed by atoms with van der Waals surface area (Å²) in [5, 5.41) is 22.1. The summed E-state index contributed by atoms with van der Waals surface area (Å²) in [4.78, 5) is 21.4. The van der Waals surface area contributed by atoms with Crippen molar-refractivity contribution in [3.63, 3.8) is 0 Å². The fraction of sp³-hybridized carbons (Fsp3) is 0. The van der Waals surface area contributed by atoms with E-state index in [9.17, 15) is 0 Å². The first kappa shape index (κ1) is 70.0. The molecule has 0 aliphatic heterocycles. The molecule has 0 radical (unpaired) electrons. The predicted molar refractivity (Wildman–Crippen MR) is 514 cm³/mol. The highest BCUT2D eigenvalue weighted by Crippen LogP contribution is 2.49. The topological polar surface area (TPSA) is 61.4 Å². The highest BCUT2D eigenvalue weighted by Gasteiger charge is 2.26. The van der Waals surface area contributed by atoms with Gasteiger partial charge in [-0.25, -0.2) is 19.9 Å². The Kier molecular flexibility index (Phi) is 16.5. The molecule has 0 amide bonds. The van der Waals surface area contributed by atoms with E-state index in [2.05, 4.69) is 403 Å². The number of hydrogen-bond donors (Lipinski definition) is 0. The molecule has 0 fully saturated rings. The molecule has 6 heteroatoms. The van der Waals surface area contributed by atoms with Crippen molar-refractivity contribution >= 4 is 141 Å². The number of hydrogen-bond acceptors (Lipinski definition) is 4. The van der Waals surface area contributed by atoms with E-state index in [1.807, 2.05) is 42.5 Å². The molecule has 0 unspecified atom stereocenters. The first-order chi connectivity index (χ1) is 60.5. The molecule has 6 nitrogen and oxygen atoms in total. The molecule has 0 spiro atoms. The zero-order valence-electron chi connectivity index (χ0n) is 66.3. The Balaban J connectivity index is 0.000000143.